The highest BCUT2D eigenvalue weighted by molar-refractivity contribution is 5.71. The molecular weight excluding hydrogens is 356 g/mol. The van der Waals surface area contributed by atoms with Crippen molar-refractivity contribution >= 4 is 5.97 Å². The zero-order chi connectivity index (χ0) is 19.0. The third kappa shape index (κ3) is 3.60. The van der Waals surface area contributed by atoms with Gasteiger partial charge in [0, 0.05) is 25.2 Å². The first-order valence-corrected chi connectivity index (χ1v) is 8.79. The van der Waals surface area contributed by atoms with Crippen LogP contribution in [-0.4, -0.2) is 41.7 Å². The zero-order valence-corrected chi connectivity index (χ0v) is 14.5. The van der Waals surface area contributed by atoms with E-state index in [9.17, 15) is 13.6 Å². The molecule has 1 saturated heterocycles. The minimum Gasteiger partial charge on any atom is -0.492 e. The molecule has 0 bridgehead atoms. The molecule has 0 radical (unpaired) electrons. The molecule has 142 valence electrons. The van der Waals surface area contributed by atoms with Crippen molar-refractivity contribution in [2.24, 2.45) is 5.92 Å². The topological polar surface area (TPSA) is 59.0 Å². The van der Waals surface area contributed by atoms with Crippen LogP contribution in [0.4, 0.5) is 8.78 Å². The van der Waals surface area contributed by atoms with E-state index in [2.05, 4.69) is 4.90 Å². The number of fused-ring (bicyclic) bond motifs is 1. The van der Waals surface area contributed by atoms with Crippen molar-refractivity contribution in [2.45, 2.75) is 19.1 Å². The van der Waals surface area contributed by atoms with E-state index in [1.165, 1.54) is 18.2 Å². The van der Waals surface area contributed by atoms with Crippen molar-refractivity contribution < 1.29 is 28.2 Å². The van der Waals surface area contributed by atoms with Crippen LogP contribution in [0, 0.1) is 17.6 Å². The third-order valence-corrected chi connectivity index (χ3v) is 5.15. The van der Waals surface area contributed by atoms with Crippen LogP contribution in [-0.2, 0) is 17.8 Å². The lowest BCUT2D eigenvalue weighted by molar-refractivity contribution is -0.149. The number of nitrogens with zero attached hydrogens (tertiary/aromatic N) is 1. The van der Waals surface area contributed by atoms with Crippen molar-refractivity contribution in [2.75, 3.05) is 19.7 Å². The van der Waals surface area contributed by atoms with E-state index in [-0.39, 0.29) is 24.1 Å². The van der Waals surface area contributed by atoms with Gasteiger partial charge in [0.25, 0.3) is 0 Å². The molecule has 2 aliphatic rings. The molecule has 1 unspecified atom stereocenters. The van der Waals surface area contributed by atoms with Crippen LogP contribution in [0.15, 0.2) is 36.4 Å². The molecule has 0 aromatic heterocycles. The fraction of sp³-hybridized carbons (Fsp3) is 0.350. The number of likely N-dealkylation sites (tertiary alicyclic amines) is 1. The first kappa shape index (κ1) is 17.7. The molecule has 7 heteroatoms. The Morgan fingerprint density at radius 3 is 2.67 bits per heavy atom. The minimum absolute atomic E-state index is 0.109. The predicted octanol–water partition coefficient (Wildman–Crippen LogP) is 2.86. The number of carboxylic acids is 1. The lowest BCUT2D eigenvalue weighted by Gasteiger charge is -2.43. The van der Waals surface area contributed by atoms with Gasteiger partial charge in [0.2, 0.25) is 0 Å². The Balaban J connectivity index is 1.38. The number of ether oxygens (including phenoxy) is 2. The molecule has 2 aromatic carbocycles. The highest BCUT2D eigenvalue weighted by Crippen LogP contribution is 2.33. The lowest BCUT2D eigenvalue weighted by Crippen LogP contribution is -2.57. The summed E-state index contributed by atoms with van der Waals surface area (Å²) >= 11 is 0. The van der Waals surface area contributed by atoms with Gasteiger partial charge in [-0.15, -0.1) is 0 Å². The quantitative estimate of drug-likeness (QED) is 0.871. The van der Waals surface area contributed by atoms with Crippen LogP contribution in [0.3, 0.4) is 0 Å². The molecule has 5 nitrogen and oxygen atoms in total. The summed E-state index contributed by atoms with van der Waals surface area (Å²) in [6.45, 7) is 1.37. The molecule has 2 aromatic rings. The van der Waals surface area contributed by atoms with Gasteiger partial charge in [-0.1, -0.05) is 12.1 Å². The van der Waals surface area contributed by atoms with E-state index >= 15 is 0 Å². The maximum absolute atomic E-state index is 13.7. The van der Waals surface area contributed by atoms with Gasteiger partial charge in [0.15, 0.2) is 0 Å². The molecule has 2 heterocycles. The van der Waals surface area contributed by atoms with Crippen molar-refractivity contribution in [3.8, 4) is 11.5 Å². The summed E-state index contributed by atoms with van der Waals surface area (Å²) in [5.74, 6) is -1.15. The molecule has 0 amide bonds. The van der Waals surface area contributed by atoms with Gasteiger partial charge in [-0.3, -0.25) is 9.69 Å². The zero-order valence-electron chi connectivity index (χ0n) is 14.5. The Labute approximate surface area is 155 Å². The maximum Gasteiger partial charge on any atom is 0.309 e. The van der Waals surface area contributed by atoms with Crippen LogP contribution in [0.2, 0.25) is 0 Å². The number of hydrogen-bond acceptors (Lipinski definition) is 4. The summed E-state index contributed by atoms with van der Waals surface area (Å²) in [6.07, 6.45) is 0.768. The Morgan fingerprint density at radius 2 is 1.96 bits per heavy atom. The second-order valence-electron chi connectivity index (χ2n) is 6.92. The fourth-order valence-corrected chi connectivity index (χ4v) is 3.45. The largest absolute Gasteiger partial charge is 0.492 e. The van der Waals surface area contributed by atoms with Crippen molar-refractivity contribution in [3.05, 3.63) is 59.2 Å². The van der Waals surface area contributed by atoms with Crippen molar-refractivity contribution in [1.82, 2.24) is 4.90 Å². The Bertz CT molecular complexity index is 847. The second-order valence-corrected chi connectivity index (χ2v) is 6.92. The summed E-state index contributed by atoms with van der Waals surface area (Å²) in [5, 5.41) is 8.99. The number of benzene rings is 2. The van der Waals surface area contributed by atoms with Crippen LogP contribution in [0.25, 0.3) is 0 Å². The van der Waals surface area contributed by atoms with E-state index in [1.54, 1.807) is 12.1 Å². The van der Waals surface area contributed by atoms with Gasteiger partial charge >= 0.3 is 5.97 Å². The standard InChI is InChI=1S/C20H19F2NO4/c21-17-2-1-3-18(22)16(17)11-26-15-5-4-12-6-14(10-27-19(12)7-15)23-8-13(9-23)20(24)25/h1-5,7,13-14H,6,8-11H2,(H,24,25). The summed E-state index contributed by atoms with van der Waals surface area (Å²) < 4.78 is 38.7. The van der Waals surface area contributed by atoms with E-state index in [0.29, 0.717) is 31.2 Å². The number of carboxylic acid groups (broad SMARTS) is 1. The molecule has 0 saturated carbocycles. The highest BCUT2D eigenvalue weighted by Gasteiger charge is 2.38. The van der Waals surface area contributed by atoms with Crippen molar-refractivity contribution in [1.29, 1.82) is 0 Å². The van der Waals surface area contributed by atoms with E-state index in [0.717, 1.165) is 12.0 Å². The maximum atomic E-state index is 13.7. The monoisotopic (exact) mass is 375 g/mol. The summed E-state index contributed by atoms with van der Waals surface area (Å²) in [5.41, 5.74) is 0.899. The number of halogens is 2. The molecular formula is C20H19F2NO4. The second kappa shape index (κ2) is 7.15. The Hall–Kier alpha value is -2.67. The number of hydrogen-bond donors (Lipinski definition) is 1. The average Bonchev–Trinajstić information content (AvgIpc) is 2.59. The summed E-state index contributed by atoms with van der Waals surface area (Å²) in [7, 11) is 0. The Kier molecular flexibility index (Phi) is 4.70. The van der Waals surface area contributed by atoms with Gasteiger partial charge < -0.3 is 14.6 Å². The minimum atomic E-state index is -0.753. The molecule has 2 aliphatic heterocycles. The third-order valence-electron chi connectivity index (χ3n) is 5.15. The first-order valence-electron chi connectivity index (χ1n) is 8.79. The fourth-order valence-electron chi connectivity index (χ4n) is 3.45. The number of aliphatic carboxylic acids is 1. The molecule has 0 aliphatic carbocycles. The molecule has 4 rings (SSSR count). The van der Waals surface area contributed by atoms with Crippen LogP contribution < -0.4 is 9.47 Å². The van der Waals surface area contributed by atoms with Gasteiger partial charge in [-0.05, 0) is 30.2 Å². The SMILES string of the molecule is O=C(O)C1CN(C2COc3cc(OCc4c(F)cccc4F)ccc3C2)C1. The van der Waals surface area contributed by atoms with Gasteiger partial charge in [-0.2, -0.15) is 0 Å². The van der Waals surface area contributed by atoms with E-state index < -0.39 is 17.6 Å². The van der Waals surface area contributed by atoms with Crippen LogP contribution in [0.5, 0.6) is 11.5 Å². The highest BCUT2D eigenvalue weighted by atomic mass is 19.1. The van der Waals surface area contributed by atoms with E-state index in [4.69, 9.17) is 14.6 Å². The smallest absolute Gasteiger partial charge is 0.309 e. The van der Waals surface area contributed by atoms with Crippen molar-refractivity contribution in [3.63, 3.8) is 0 Å². The lowest BCUT2D eigenvalue weighted by atomic mass is 9.93. The van der Waals surface area contributed by atoms with E-state index in [1.807, 2.05) is 6.07 Å². The normalized spacial score (nSPS) is 19.7. The van der Waals surface area contributed by atoms with Crippen LogP contribution in [0.1, 0.15) is 11.1 Å². The van der Waals surface area contributed by atoms with Crippen LogP contribution >= 0.6 is 0 Å². The van der Waals surface area contributed by atoms with Gasteiger partial charge in [0.05, 0.1) is 11.5 Å². The average molecular weight is 375 g/mol. The number of rotatable bonds is 5. The predicted molar refractivity (Wildman–Crippen MR) is 92.8 cm³/mol. The molecule has 0 spiro atoms. The molecule has 1 N–H and O–H groups in total. The van der Waals surface area contributed by atoms with Gasteiger partial charge in [-0.25, -0.2) is 8.78 Å². The number of carbonyl (C=O) groups is 1. The molecule has 1 fully saturated rings. The van der Waals surface area contributed by atoms with Gasteiger partial charge in [0.1, 0.15) is 36.3 Å². The summed E-state index contributed by atoms with van der Waals surface area (Å²) in [6, 6.07) is 9.22. The molecule has 1 atom stereocenters. The summed E-state index contributed by atoms with van der Waals surface area (Å²) in [4.78, 5) is 13.1. The first-order chi connectivity index (χ1) is 13.0. The Morgan fingerprint density at radius 1 is 1.22 bits per heavy atom. The molecule has 27 heavy (non-hydrogen) atoms.